The average Bonchev–Trinajstić information content (AvgIpc) is 2.85. The van der Waals surface area contributed by atoms with Crippen molar-refractivity contribution in [2.24, 2.45) is 5.92 Å². The summed E-state index contributed by atoms with van der Waals surface area (Å²) in [5, 5.41) is 5.56. The zero-order chi connectivity index (χ0) is 12.5. The van der Waals surface area contributed by atoms with Gasteiger partial charge in [-0.15, -0.1) is 23.7 Å². The molecule has 2 atom stereocenters. The van der Waals surface area contributed by atoms with Gasteiger partial charge >= 0.3 is 0 Å². The summed E-state index contributed by atoms with van der Waals surface area (Å²) in [4.78, 5) is 16.1. The van der Waals surface area contributed by atoms with Crippen LogP contribution in [0.4, 0.5) is 0 Å². The Morgan fingerprint density at radius 1 is 1.53 bits per heavy atom. The van der Waals surface area contributed by atoms with Crippen molar-refractivity contribution in [2.45, 2.75) is 38.8 Å². The molecule has 106 valence electrons. The Morgan fingerprint density at radius 2 is 2.37 bits per heavy atom. The fourth-order valence-electron chi connectivity index (χ4n) is 3.05. The second kappa shape index (κ2) is 6.25. The van der Waals surface area contributed by atoms with Gasteiger partial charge < -0.3 is 10.2 Å². The summed E-state index contributed by atoms with van der Waals surface area (Å²) in [6, 6.07) is 2.65. The van der Waals surface area contributed by atoms with Crippen molar-refractivity contribution in [1.29, 1.82) is 0 Å². The van der Waals surface area contributed by atoms with Crippen molar-refractivity contribution >= 4 is 29.7 Å². The quantitative estimate of drug-likeness (QED) is 0.864. The SMILES string of the molecule is C[C@H]1C[C@@H](C(=O)N2CCc3sccc3C2)CCN1.Cl. The third-order valence-electron chi connectivity index (χ3n) is 4.09. The van der Waals surface area contributed by atoms with Crippen molar-refractivity contribution in [3.05, 3.63) is 21.9 Å². The lowest BCUT2D eigenvalue weighted by Gasteiger charge is -2.34. The molecule has 5 heteroatoms. The molecule has 19 heavy (non-hydrogen) atoms. The van der Waals surface area contributed by atoms with Crippen LogP contribution in [0.25, 0.3) is 0 Å². The minimum Gasteiger partial charge on any atom is -0.338 e. The maximum atomic E-state index is 12.5. The summed E-state index contributed by atoms with van der Waals surface area (Å²) in [5.41, 5.74) is 1.36. The third-order valence-corrected chi connectivity index (χ3v) is 5.12. The van der Waals surface area contributed by atoms with Gasteiger partial charge in [0.1, 0.15) is 0 Å². The molecule has 1 N–H and O–H groups in total. The molecular formula is C14H21ClN2OS. The van der Waals surface area contributed by atoms with E-state index >= 15 is 0 Å². The Hall–Kier alpha value is -0.580. The molecule has 1 aromatic rings. The summed E-state index contributed by atoms with van der Waals surface area (Å²) in [6.07, 6.45) is 3.03. The zero-order valence-electron chi connectivity index (χ0n) is 11.2. The van der Waals surface area contributed by atoms with Crippen molar-refractivity contribution in [2.75, 3.05) is 13.1 Å². The summed E-state index contributed by atoms with van der Waals surface area (Å²) < 4.78 is 0. The highest BCUT2D eigenvalue weighted by atomic mass is 35.5. The number of amides is 1. The first-order chi connectivity index (χ1) is 8.74. The van der Waals surface area contributed by atoms with Crippen LogP contribution < -0.4 is 5.32 Å². The predicted octanol–water partition coefficient (Wildman–Crippen LogP) is 2.44. The molecule has 0 spiro atoms. The van der Waals surface area contributed by atoms with E-state index in [1.54, 1.807) is 0 Å². The smallest absolute Gasteiger partial charge is 0.226 e. The molecule has 1 saturated heterocycles. The van der Waals surface area contributed by atoms with Crippen LogP contribution in [0.15, 0.2) is 11.4 Å². The van der Waals surface area contributed by atoms with E-state index in [1.165, 1.54) is 10.4 Å². The number of fused-ring (bicyclic) bond motifs is 1. The fourth-order valence-corrected chi connectivity index (χ4v) is 3.94. The third kappa shape index (κ3) is 3.12. The number of hydrogen-bond acceptors (Lipinski definition) is 3. The number of carbonyl (C=O) groups is 1. The summed E-state index contributed by atoms with van der Waals surface area (Å²) in [7, 11) is 0. The van der Waals surface area contributed by atoms with Gasteiger partial charge in [0.2, 0.25) is 5.91 Å². The van der Waals surface area contributed by atoms with Crippen molar-refractivity contribution < 1.29 is 4.79 Å². The van der Waals surface area contributed by atoms with Crippen molar-refractivity contribution in [3.63, 3.8) is 0 Å². The van der Waals surface area contributed by atoms with Crippen LogP contribution in [-0.4, -0.2) is 29.9 Å². The molecule has 3 nitrogen and oxygen atoms in total. The van der Waals surface area contributed by atoms with E-state index in [0.29, 0.717) is 11.9 Å². The molecule has 3 rings (SSSR count). The standard InChI is InChI=1S/C14H20N2OS.ClH/c1-10-8-11(2-5-15-10)14(17)16-6-3-13-12(9-16)4-7-18-13;/h4,7,10-11,15H,2-3,5-6,8-9H2,1H3;1H/t10-,11-;/m0./s1. The van der Waals surface area contributed by atoms with Crippen LogP contribution >= 0.6 is 23.7 Å². The molecule has 0 aromatic carbocycles. The number of hydrogen-bond donors (Lipinski definition) is 1. The Balaban J connectivity index is 0.00000133. The summed E-state index contributed by atoms with van der Waals surface area (Å²) in [6.45, 7) is 4.89. The lowest BCUT2D eigenvalue weighted by molar-refractivity contribution is -0.137. The maximum Gasteiger partial charge on any atom is 0.226 e. The molecule has 1 aromatic heterocycles. The molecule has 2 aliphatic rings. The Bertz CT molecular complexity index is 448. The van der Waals surface area contributed by atoms with Gasteiger partial charge in [-0.25, -0.2) is 0 Å². The molecule has 2 aliphatic heterocycles. The number of piperidine rings is 1. The first-order valence-corrected chi connectivity index (χ1v) is 7.69. The van der Waals surface area contributed by atoms with Gasteiger partial charge in [-0.1, -0.05) is 0 Å². The largest absolute Gasteiger partial charge is 0.338 e. The van der Waals surface area contributed by atoms with Gasteiger partial charge in [-0.2, -0.15) is 0 Å². The first-order valence-electron chi connectivity index (χ1n) is 6.81. The molecule has 0 saturated carbocycles. The van der Waals surface area contributed by atoms with Crippen LogP contribution in [-0.2, 0) is 17.8 Å². The van der Waals surface area contributed by atoms with Crippen LogP contribution in [0.2, 0.25) is 0 Å². The topological polar surface area (TPSA) is 32.3 Å². The molecule has 0 aliphatic carbocycles. The summed E-state index contributed by atoms with van der Waals surface area (Å²) in [5.74, 6) is 0.613. The molecule has 0 bridgehead atoms. The highest BCUT2D eigenvalue weighted by Gasteiger charge is 2.30. The predicted molar refractivity (Wildman–Crippen MR) is 80.9 cm³/mol. The van der Waals surface area contributed by atoms with E-state index in [4.69, 9.17) is 0 Å². The number of thiophene rings is 1. The molecule has 0 radical (unpaired) electrons. The van der Waals surface area contributed by atoms with Crippen molar-refractivity contribution in [3.8, 4) is 0 Å². The fraction of sp³-hybridized carbons (Fsp3) is 0.643. The highest BCUT2D eigenvalue weighted by Crippen LogP contribution is 2.27. The Kier molecular flexibility index (Phi) is 4.87. The van der Waals surface area contributed by atoms with Gasteiger partial charge in [0.15, 0.2) is 0 Å². The van der Waals surface area contributed by atoms with Crippen LogP contribution in [0, 0.1) is 5.92 Å². The van der Waals surface area contributed by atoms with E-state index in [1.807, 2.05) is 11.3 Å². The monoisotopic (exact) mass is 300 g/mol. The minimum atomic E-state index is 0. The number of halogens is 1. The number of rotatable bonds is 1. The molecule has 0 unspecified atom stereocenters. The van der Waals surface area contributed by atoms with Crippen molar-refractivity contribution in [1.82, 2.24) is 10.2 Å². The number of nitrogens with zero attached hydrogens (tertiary/aromatic N) is 1. The number of carbonyl (C=O) groups excluding carboxylic acids is 1. The van der Waals surface area contributed by atoms with Gasteiger partial charge in [0, 0.05) is 29.9 Å². The van der Waals surface area contributed by atoms with E-state index in [2.05, 4.69) is 28.6 Å². The normalized spacial score (nSPS) is 26.5. The lowest BCUT2D eigenvalue weighted by Crippen LogP contribution is -2.45. The molecule has 1 fully saturated rings. The number of nitrogens with one attached hydrogen (secondary N) is 1. The summed E-state index contributed by atoms with van der Waals surface area (Å²) >= 11 is 1.83. The van der Waals surface area contributed by atoms with Gasteiger partial charge in [0.05, 0.1) is 0 Å². The first kappa shape index (κ1) is 14.8. The van der Waals surface area contributed by atoms with Gasteiger partial charge in [0.25, 0.3) is 0 Å². The maximum absolute atomic E-state index is 12.5. The van der Waals surface area contributed by atoms with E-state index in [9.17, 15) is 4.79 Å². The second-order valence-electron chi connectivity index (χ2n) is 5.46. The van der Waals surface area contributed by atoms with Crippen LogP contribution in [0.5, 0.6) is 0 Å². The molecule has 3 heterocycles. The Labute approximate surface area is 124 Å². The van der Waals surface area contributed by atoms with E-state index in [-0.39, 0.29) is 18.3 Å². The second-order valence-corrected chi connectivity index (χ2v) is 6.46. The van der Waals surface area contributed by atoms with Crippen LogP contribution in [0.1, 0.15) is 30.2 Å². The molecular weight excluding hydrogens is 280 g/mol. The Morgan fingerprint density at radius 3 is 3.16 bits per heavy atom. The highest BCUT2D eigenvalue weighted by molar-refractivity contribution is 7.10. The van der Waals surface area contributed by atoms with Crippen LogP contribution in [0.3, 0.4) is 0 Å². The van der Waals surface area contributed by atoms with E-state index in [0.717, 1.165) is 38.9 Å². The minimum absolute atomic E-state index is 0. The molecule has 1 amide bonds. The lowest BCUT2D eigenvalue weighted by atomic mass is 9.91. The average molecular weight is 301 g/mol. The zero-order valence-corrected chi connectivity index (χ0v) is 12.9. The van der Waals surface area contributed by atoms with Gasteiger partial charge in [-0.3, -0.25) is 4.79 Å². The van der Waals surface area contributed by atoms with E-state index < -0.39 is 0 Å². The van der Waals surface area contributed by atoms with Gasteiger partial charge in [-0.05, 0) is 49.7 Å².